The summed E-state index contributed by atoms with van der Waals surface area (Å²) in [5.74, 6) is 0.355. The van der Waals surface area contributed by atoms with Crippen LogP contribution in [-0.4, -0.2) is 17.4 Å². The summed E-state index contributed by atoms with van der Waals surface area (Å²) in [6, 6.07) is 7.54. The highest BCUT2D eigenvalue weighted by Crippen LogP contribution is 2.53. The summed E-state index contributed by atoms with van der Waals surface area (Å²) in [6.07, 6.45) is 0.522. The number of alkyl halides is 2. The second-order valence-corrected chi connectivity index (χ2v) is 5.59. The van der Waals surface area contributed by atoms with Crippen LogP contribution in [0.4, 0.5) is 0 Å². The maximum Gasteiger partial charge on any atom is 0.226 e. The molecule has 1 atom stereocenters. The molecular weight excluding hydrogens is 261 g/mol. The number of rotatable bonds is 4. The standard InChI is InChI=1S/C12H13Cl2NO2/c1-17-10-5-3-2-4-8(10)7-15-11(16)9-6-12(9,13)14/h2-5,9H,6-7H2,1H3,(H,15,16)/t9-/m0/s1. The van der Waals surface area contributed by atoms with Crippen molar-refractivity contribution in [1.29, 1.82) is 0 Å². The van der Waals surface area contributed by atoms with E-state index >= 15 is 0 Å². The molecule has 1 fully saturated rings. The van der Waals surface area contributed by atoms with Crippen LogP contribution < -0.4 is 10.1 Å². The number of nitrogens with one attached hydrogen (secondary N) is 1. The predicted octanol–water partition coefficient (Wildman–Crippen LogP) is 2.51. The summed E-state index contributed by atoms with van der Waals surface area (Å²) in [5.41, 5.74) is 0.929. The highest BCUT2D eigenvalue weighted by Gasteiger charge is 2.56. The lowest BCUT2D eigenvalue weighted by atomic mass is 10.2. The minimum atomic E-state index is -0.870. The molecule has 0 radical (unpaired) electrons. The molecule has 92 valence electrons. The molecule has 3 nitrogen and oxygen atoms in total. The third-order valence-corrected chi connectivity index (χ3v) is 3.62. The molecule has 0 aromatic heterocycles. The fraction of sp³-hybridized carbons (Fsp3) is 0.417. The molecule has 1 aliphatic carbocycles. The van der Waals surface area contributed by atoms with Gasteiger partial charge < -0.3 is 10.1 Å². The largest absolute Gasteiger partial charge is 0.496 e. The summed E-state index contributed by atoms with van der Waals surface area (Å²) in [4.78, 5) is 11.7. The number of methoxy groups -OCH3 is 1. The zero-order valence-corrected chi connectivity index (χ0v) is 10.9. The Bertz CT molecular complexity index is 434. The summed E-state index contributed by atoms with van der Waals surface area (Å²) in [5, 5.41) is 2.80. The van der Waals surface area contributed by atoms with Crippen LogP contribution in [0.25, 0.3) is 0 Å². The fourth-order valence-electron chi connectivity index (χ4n) is 1.65. The van der Waals surface area contributed by atoms with Gasteiger partial charge in [-0.15, -0.1) is 23.2 Å². The molecule has 0 heterocycles. The lowest BCUT2D eigenvalue weighted by molar-refractivity contribution is -0.122. The van der Waals surface area contributed by atoms with Crippen molar-refractivity contribution in [2.24, 2.45) is 5.92 Å². The van der Waals surface area contributed by atoms with Gasteiger partial charge >= 0.3 is 0 Å². The van der Waals surface area contributed by atoms with Gasteiger partial charge in [-0.1, -0.05) is 18.2 Å². The minimum Gasteiger partial charge on any atom is -0.496 e. The van der Waals surface area contributed by atoms with Gasteiger partial charge in [0.15, 0.2) is 0 Å². The topological polar surface area (TPSA) is 38.3 Å². The molecule has 0 bridgehead atoms. The Morgan fingerprint density at radius 3 is 2.76 bits per heavy atom. The molecule has 5 heteroatoms. The monoisotopic (exact) mass is 273 g/mol. The van der Waals surface area contributed by atoms with Crippen LogP contribution in [0.1, 0.15) is 12.0 Å². The van der Waals surface area contributed by atoms with Crippen LogP contribution in [0.15, 0.2) is 24.3 Å². The van der Waals surface area contributed by atoms with Crippen LogP contribution in [0, 0.1) is 5.92 Å². The van der Waals surface area contributed by atoms with Gasteiger partial charge in [0.1, 0.15) is 10.1 Å². The van der Waals surface area contributed by atoms with Crippen LogP contribution >= 0.6 is 23.2 Å². The van der Waals surface area contributed by atoms with Crippen molar-refractivity contribution in [3.8, 4) is 5.75 Å². The van der Waals surface area contributed by atoms with Crippen LogP contribution in [0.2, 0.25) is 0 Å². The Morgan fingerprint density at radius 2 is 2.18 bits per heavy atom. The first kappa shape index (κ1) is 12.5. The minimum absolute atomic E-state index is 0.110. The molecule has 1 saturated carbocycles. The Morgan fingerprint density at radius 1 is 1.53 bits per heavy atom. The molecule has 1 aliphatic rings. The molecule has 0 spiro atoms. The second-order valence-electron chi connectivity index (χ2n) is 4.05. The second kappa shape index (κ2) is 4.75. The van der Waals surface area contributed by atoms with Gasteiger partial charge in [-0.25, -0.2) is 0 Å². The molecule has 2 rings (SSSR count). The van der Waals surface area contributed by atoms with Crippen molar-refractivity contribution in [1.82, 2.24) is 5.32 Å². The average Bonchev–Trinajstić information content (AvgIpc) is 2.96. The van der Waals surface area contributed by atoms with E-state index in [0.717, 1.165) is 11.3 Å². The number of carbonyl (C=O) groups excluding carboxylic acids is 1. The third-order valence-electron chi connectivity index (χ3n) is 2.79. The molecule has 0 saturated heterocycles. The van der Waals surface area contributed by atoms with E-state index in [1.807, 2.05) is 24.3 Å². The molecule has 1 amide bonds. The highest BCUT2D eigenvalue weighted by molar-refractivity contribution is 6.52. The van der Waals surface area contributed by atoms with E-state index in [-0.39, 0.29) is 11.8 Å². The van der Waals surface area contributed by atoms with Crippen LogP contribution in [0.5, 0.6) is 5.75 Å². The maximum absolute atomic E-state index is 11.7. The number of carbonyl (C=O) groups is 1. The first-order chi connectivity index (χ1) is 8.04. The average molecular weight is 274 g/mol. The normalized spacial score (nSPS) is 20.8. The Kier molecular flexibility index (Phi) is 3.50. The van der Waals surface area contributed by atoms with Gasteiger partial charge in [-0.05, 0) is 12.5 Å². The first-order valence-corrected chi connectivity index (χ1v) is 6.07. The molecule has 1 N–H and O–H groups in total. The smallest absolute Gasteiger partial charge is 0.226 e. The first-order valence-electron chi connectivity index (χ1n) is 5.32. The Labute approximate surface area is 110 Å². The number of hydrogen-bond donors (Lipinski definition) is 1. The van der Waals surface area contributed by atoms with Gasteiger partial charge in [-0.3, -0.25) is 4.79 Å². The number of hydrogen-bond acceptors (Lipinski definition) is 2. The van der Waals surface area contributed by atoms with Gasteiger partial charge in [0.2, 0.25) is 5.91 Å². The number of halogens is 2. The zero-order valence-electron chi connectivity index (χ0n) is 9.37. The predicted molar refractivity (Wildman–Crippen MR) is 67.4 cm³/mol. The van der Waals surface area contributed by atoms with Crippen LogP contribution in [-0.2, 0) is 11.3 Å². The van der Waals surface area contributed by atoms with Gasteiger partial charge in [-0.2, -0.15) is 0 Å². The summed E-state index contributed by atoms with van der Waals surface area (Å²) >= 11 is 11.6. The fourth-order valence-corrected chi connectivity index (χ4v) is 2.16. The van der Waals surface area contributed by atoms with E-state index in [2.05, 4.69) is 5.32 Å². The van der Waals surface area contributed by atoms with Crippen molar-refractivity contribution in [2.75, 3.05) is 7.11 Å². The quantitative estimate of drug-likeness (QED) is 0.857. The van der Waals surface area contributed by atoms with E-state index in [1.54, 1.807) is 7.11 Å². The van der Waals surface area contributed by atoms with Gasteiger partial charge in [0, 0.05) is 12.1 Å². The van der Waals surface area contributed by atoms with Crippen LogP contribution in [0.3, 0.4) is 0 Å². The molecule has 1 aromatic carbocycles. The number of para-hydroxylation sites is 1. The third kappa shape index (κ3) is 2.85. The lowest BCUT2D eigenvalue weighted by Gasteiger charge is -2.09. The molecule has 0 aliphatic heterocycles. The number of amides is 1. The summed E-state index contributed by atoms with van der Waals surface area (Å²) in [7, 11) is 1.60. The van der Waals surface area contributed by atoms with Crippen molar-refractivity contribution in [3.63, 3.8) is 0 Å². The van der Waals surface area contributed by atoms with Gasteiger partial charge in [0.05, 0.1) is 13.0 Å². The summed E-state index contributed by atoms with van der Waals surface area (Å²) < 4.78 is 4.32. The zero-order chi connectivity index (χ0) is 12.5. The van der Waals surface area contributed by atoms with Crippen molar-refractivity contribution in [3.05, 3.63) is 29.8 Å². The van der Waals surface area contributed by atoms with Crippen molar-refractivity contribution in [2.45, 2.75) is 17.3 Å². The maximum atomic E-state index is 11.7. The SMILES string of the molecule is COc1ccccc1CNC(=O)[C@@H]1CC1(Cl)Cl. The molecular formula is C12H13Cl2NO2. The van der Waals surface area contributed by atoms with E-state index in [0.29, 0.717) is 13.0 Å². The van der Waals surface area contributed by atoms with Crippen molar-refractivity contribution < 1.29 is 9.53 Å². The summed E-state index contributed by atoms with van der Waals surface area (Å²) in [6.45, 7) is 0.420. The molecule has 0 unspecified atom stereocenters. The number of benzene rings is 1. The molecule has 17 heavy (non-hydrogen) atoms. The van der Waals surface area contributed by atoms with Gasteiger partial charge in [0.25, 0.3) is 0 Å². The van der Waals surface area contributed by atoms with E-state index in [1.165, 1.54) is 0 Å². The van der Waals surface area contributed by atoms with E-state index < -0.39 is 4.33 Å². The molecule has 1 aromatic rings. The number of ether oxygens (including phenoxy) is 1. The Hall–Kier alpha value is -0.930. The van der Waals surface area contributed by atoms with Crippen molar-refractivity contribution >= 4 is 29.1 Å². The highest BCUT2D eigenvalue weighted by atomic mass is 35.5. The Balaban J connectivity index is 1.92. The lowest BCUT2D eigenvalue weighted by Crippen LogP contribution is -2.26. The van der Waals surface area contributed by atoms with E-state index in [9.17, 15) is 4.79 Å². The van der Waals surface area contributed by atoms with E-state index in [4.69, 9.17) is 27.9 Å².